The lowest BCUT2D eigenvalue weighted by molar-refractivity contribution is -0.128. The first-order valence-electron chi connectivity index (χ1n) is 15.0. The van der Waals surface area contributed by atoms with Crippen molar-refractivity contribution in [2.45, 2.75) is 69.7 Å². The van der Waals surface area contributed by atoms with Crippen LogP contribution in [0.2, 0.25) is 0 Å². The molecule has 0 radical (unpaired) electrons. The molecule has 1 spiro atoms. The van der Waals surface area contributed by atoms with E-state index in [4.69, 9.17) is 4.74 Å². The topological polar surface area (TPSA) is 70.0 Å². The van der Waals surface area contributed by atoms with Gasteiger partial charge in [0.1, 0.15) is 17.1 Å². The number of alkyl halides is 2. The molecule has 0 aliphatic carbocycles. The number of hydrogen-bond donors (Lipinski definition) is 0. The summed E-state index contributed by atoms with van der Waals surface area (Å²) < 4.78 is 37.4. The highest BCUT2D eigenvalue weighted by Gasteiger charge is 2.47. The first kappa shape index (κ1) is 26.8. The molecule has 5 aliphatic heterocycles. The number of carbonyl (C=O) groups is 1. The largest absolute Gasteiger partial charge is 0.367 e. The van der Waals surface area contributed by atoms with Gasteiger partial charge in [-0.3, -0.25) is 14.4 Å². The summed E-state index contributed by atoms with van der Waals surface area (Å²) in [6, 6.07) is 2.74. The fourth-order valence-electron chi connectivity index (χ4n) is 7.94. The fraction of sp³-hybridized carbons (Fsp3) is 0.633. The SMILES string of the molecule is C=CC(=O)N1CCN(C2CN3c4cc(N5CCC6(CC5)OCCn5ncc(C)c56)nc(C(F)F)c4CCCC23)CC1. The highest BCUT2D eigenvalue weighted by molar-refractivity contribution is 5.87. The molecule has 7 rings (SSSR count). The summed E-state index contributed by atoms with van der Waals surface area (Å²) in [5.41, 5.74) is 3.54. The molecule has 0 aromatic carbocycles. The van der Waals surface area contributed by atoms with Gasteiger partial charge in [0.05, 0.1) is 25.0 Å². The van der Waals surface area contributed by atoms with E-state index >= 15 is 0 Å². The van der Waals surface area contributed by atoms with E-state index in [0.29, 0.717) is 57.1 Å². The minimum absolute atomic E-state index is 0.0118. The third-order valence-corrected chi connectivity index (χ3v) is 10.1. The fourth-order valence-corrected chi connectivity index (χ4v) is 7.94. The van der Waals surface area contributed by atoms with Crippen molar-refractivity contribution in [2.24, 2.45) is 0 Å². The number of carbonyl (C=O) groups excluding carboxylic acids is 1. The van der Waals surface area contributed by atoms with Gasteiger partial charge < -0.3 is 19.4 Å². The Morgan fingerprint density at radius 3 is 2.66 bits per heavy atom. The van der Waals surface area contributed by atoms with E-state index in [-0.39, 0.29) is 17.2 Å². The Morgan fingerprint density at radius 2 is 1.93 bits per heavy atom. The van der Waals surface area contributed by atoms with Gasteiger partial charge >= 0.3 is 0 Å². The molecule has 2 unspecified atom stereocenters. The summed E-state index contributed by atoms with van der Waals surface area (Å²) >= 11 is 0. The average Bonchev–Trinajstić information content (AvgIpc) is 3.30. The Hall–Kier alpha value is -3.05. The van der Waals surface area contributed by atoms with E-state index in [1.807, 2.05) is 11.1 Å². The van der Waals surface area contributed by atoms with E-state index in [0.717, 1.165) is 74.4 Å². The summed E-state index contributed by atoms with van der Waals surface area (Å²) in [4.78, 5) is 25.5. The van der Waals surface area contributed by atoms with Gasteiger partial charge in [-0.1, -0.05) is 6.58 Å². The van der Waals surface area contributed by atoms with Gasteiger partial charge in [0.15, 0.2) is 0 Å². The lowest BCUT2D eigenvalue weighted by Gasteiger charge is -2.55. The van der Waals surface area contributed by atoms with Gasteiger partial charge in [-0.25, -0.2) is 13.8 Å². The number of aromatic nitrogens is 3. The summed E-state index contributed by atoms with van der Waals surface area (Å²) in [6.07, 6.45) is 4.71. The molecule has 3 fully saturated rings. The number of piperazine rings is 1. The molecule has 2 atom stereocenters. The second kappa shape index (κ2) is 10.3. The van der Waals surface area contributed by atoms with Gasteiger partial charge in [0.25, 0.3) is 6.43 Å². The minimum atomic E-state index is -2.61. The summed E-state index contributed by atoms with van der Waals surface area (Å²) in [5, 5.41) is 4.55. The first-order chi connectivity index (χ1) is 19.9. The maximum Gasteiger partial charge on any atom is 0.280 e. The molecule has 11 heteroatoms. The molecular formula is C30H39F2N7O2. The lowest BCUT2D eigenvalue weighted by atomic mass is 9.85. The maximum absolute atomic E-state index is 14.5. The molecule has 0 N–H and O–H groups in total. The van der Waals surface area contributed by atoms with Crippen LogP contribution in [0.15, 0.2) is 24.9 Å². The third kappa shape index (κ3) is 4.43. The van der Waals surface area contributed by atoms with E-state index in [1.54, 1.807) is 0 Å². The van der Waals surface area contributed by atoms with Crippen LogP contribution in [-0.4, -0.2) is 95.0 Å². The minimum Gasteiger partial charge on any atom is -0.367 e. The van der Waals surface area contributed by atoms with Crippen molar-refractivity contribution in [3.05, 3.63) is 47.4 Å². The summed E-state index contributed by atoms with van der Waals surface area (Å²) in [5.74, 6) is 0.637. The molecule has 9 nitrogen and oxygen atoms in total. The van der Waals surface area contributed by atoms with E-state index in [2.05, 4.69) is 49.0 Å². The maximum atomic E-state index is 14.5. The van der Waals surface area contributed by atoms with Crippen molar-refractivity contribution in [3.8, 4) is 0 Å². The number of piperidine rings is 1. The second-order valence-electron chi connectivity index (χ2n) is 12.1. The average molecular weight is 568 g/mol. The van der Waals surface area contributed by atoms with Crippen LogP contribution >= 0.6 is 0 Å². The first-order valence-corrected chi connectivity index (χ1v) is 15.0. The number of fused-ring (bicyclic) bond motifs is 5. The van der Waals surface area contributed by atoms with E-state index in [1.165, 1.54) is 6.08 Å². The van der Waals surface area contributed by atoms with Crippen LogP contribution in [0, 0.1) is 6.92 Å². The van der Waals surface area contributed by atoms with Crippen LogP contribution in [0.1, 0.15) is 54.6 Å². The molecule has 2 aromatic heterocycles. The van der Waals surface area contributed by atoms with Crippen LogP contribution in [0.3, 0.4) is 0 Å². The Bertz CT molecular complexity index is 1330. The standard InChI is InChI=1S/C30H39F2N7O2/c1-3-26(40)37-13-11-35(12-14-37)24-19-38-22(24)6-4-5-21-23(38)17-25(34-27(21)29(31)32)36-9-7-30(8-10-36)28-20(2)18-33-39(28)15-16-41-30/h3,17-18,22,24,29H,1,4-16,19H2,2H3. The Labute approximate surface area is 239 Å². The van der Waals surface area contributed by atoms with Crippen molar-refractivity contribution in [3.63, 3.8) is 0 Å². The smallest absolute Gasteiger partial charge is 0.280 e. The number of hydrogen-bond acceptors (Lipinski definition) is 7. The van der Waals surface area contributed by atoms with Crippen LogP contribution < -0.4 is 9.80 Å². The van der Waals surface area contributed by atoms with Crippen LogP contribution in [0.25, 0.3) is 0 Å². The molecule has 41 heavy (non-hydrogen) atoms. The number of nitrogens with zero attached hydrogens (tertiary/aromatic N) is 7. The number of amides is 1. The lowest BCUT2D eigenvalue weighted by Crippen LogP contribution is -2.69. The van der Waals surface area contributed by atoms with Crippen molar-refractivity contribution in [2.75, 3.05) is 62.2 Å². The zero-order valence-corrected chi connectivity index (χ0v) is 23.8. The van der Waals surface area contributed by atoms with Gasteiger partial charge in [-0.05, 0) is 50.7 Å². The molecule has 2 aromatic rings. The highest BCUT2D eigenvalue weighted by Crippen LogP contribution is 2.45. The number of halogens is 2. The molecular weight excluding hydrogens is 528 g/mol. The Kier molecular flexibility index (Phi) is 6.77. The molecule has 0 saturated carbocycles. The van der Waals surface area contributed by atoms with E-state index in [9.17, 15) is 13.6 Å². The predicted molar refractivity (Wildman–Crippen MR) is 151 cm³/mol. The van der Waals surface area contributed by atoms with Crippen molar-refractivity contribution in [1.29, 1.82) is 0 Å². The van der Waals surface area contributed by atoms with Crippen LogP contribution in [-0.2, 0) is 28.1 Å². The number of rotatable bonds is 4. The van der Waals surface area contributed by atoms with Gasteiger partial charge in [0, 0.05) is 75.2 Å². The van der Waals surface area contributed by atoms with Crippen LogP contribution in [0.4, 0.5) is 20.3 Å². The van der Waals surface area contributed by atoms with Gasteiger partial charge in [0.2, 0.25) is 5.91 Å². The van der Waals surface area contributed by atoms with Crippen LogP contribution in [0.5, 0.6) is 0 Å². The van der Waals surface area contributed by atoms with Gasteiger partial charge in [-0.15, -0.1) is 0 Å². The Morgan fingerprint density at radius 1 is 1.15 bits per heavy atom. The zero-order valence-electron chi connectivity index (χ0n) is 23.8. The molecule has 7 heterocycles. The monoisotopic (exact) mass is 567 g/mol. The third-order valence-electron chi connectivity index (χ3n) is 10.1. The molecule has 5 aliphatic rings. The summed E-state index contributed by atoms with van der Waals surface area (Å²) in [6.45, 7) is 12.4. The molecule has 3 saturated heterocycles. The summed E-state index contributed by atoms with van der Waals surface area (Å²) in [7, 11) is 0. The molecule has 1 amide bonds. The molecule has 220 valence electrons. The number of aryl methyl sites for hydroxylation is 1. The molecule has 0 bridgehead atoms. The van der Waals surface area contributed by atoms with Crippen molar-refractivity contribution in [1.82, 2.24) is 24.6 Å². The predicted octanol–water partition coefficient (Wildman–Crippen LogP) is 3.27. The number of ether oxygens (including phenoxy) is 1. The highest BCUT2D eigenvalue weighted by atomic mass is 19.3. The van der Waals surface area contributed by atoms with Crippen molar-refractivity contribution < 1.29 is 18.3 Å². The van der Waals surface area contributed by atoms with Crippen molar-refractivity contribution >= 4 is 17.4 Å². The quantitative estimate of drug-likeness (QED) is 0.526. The van der Waals surface area contributed by atoms with E-state index < -0.39 is 6.43 Å². The normalized spacial score (nSPS) is 25.8. The Balaban J connectivity index is 1.11. The number of anilines is 2. The number of pyridine rings is 1. The second-order valence-corrected chi connectivity index (χ2v) is 12.1. The zero-order chi connectivity index (χ0) is 28.3. The van der Waals surface area contributed by atoms with Gasteiger partial charge in [-0.2, -0.15) is 5.10 Å².